The van der Waals surface area contributed by atoms with Crippen molar-refractivity contribution >= 4 is 38.9 Å². The number of nitrogens with zero attached hydrogens (tertiary/aromatic N) is 1. The zero-order valence-electron chi connectivity index (χ0n) is 15.5. The number of halogens is 2. The summed E-state index contributed by atoms with van der Waals surface area (Å²) in [5, 5.41) is 2.97. The van der Waals surface area contributed by atoms with Gasteiger partial charge in [0.25, 0.3) is 5.91 Å². The van der Waals surface area contributed by atoms with Gasteiger partial charge in [0.2, 0.25) is 0 Å². The summed E-state index contributed by atoms with van der Waals surface area (Å²) in [5.41, 5.74) is 0. The Balaban J connectivity index is 1.66. The minimum atomic E-state index is -3.82. The fourth-order valence-electron chi connectivity index (χ4n) is 3.46. The number of furan rings is 1. The molecule has 3 rings (SSSR count). The van der Waals surface area contributed by atoms with E-state index in [1.165, 1.54) is 24.3 Å². The first-order valence-electron chi connectivity index (χ1n) is 9.09. The Labute approximate surface area is 174 Å². The highest BCUT2D eigenvalue weighted by Gasteiger charge is 2.26. The Bertz CT molecular complexity index is 938. The van der Waals surface area contributed by atoms with E-state index in [0.29, 0.717) is 12.6 Å². The van der Waals surface area contributed by atoms with Crippen LogP contribution >= 0.6 is 23.2 Å². The van der Waals surface area contributed by atoms with Crippen LogP contribution in [0.5, 0.6) is 0 Å². The number of hydrogen-bond acceptors (Lipinski definition) is 5. The minimum absolute atomic E-state index is 0.0501. The molecule has 1 aromatic carbocycles. The number of nitrogens with one attached hydrogen (secondary N) is 1. The summed E-state index contributed by atoms with van der Waals surface area (Å²) in [7, 11) is -3.82. The molecular weight excluding hydrogens is 423 g/mol. The van der Waals surface area contributed by atoms with Gasteiger partial charge < -0.3 is 9.73 Å². The quantitative estimate of drug-likeness (QED) is 0.702. The zero-order valence-corrected chi connectivity index (χ0v) is 17.8. The lowest BCUT2D eigenvalue weighted by Gasteiger charge is -2.22. The normalized spacial score (nSPS) is 17.8. The number of sulfone groups is 1. The molecule has 0 spiro atoms. The Morgan fingerprint density at radius 2 is 1.96 bits per heavy atom. The van der Waals surface area contributed by atoms with Crippen LogP contribution < -0.4 is 5.32 Å². The van der Waals surface area contributed by atoms with E-state index in [-0.39, 0.29) is 32.4 Å². The van der Waals surface area contributed by atoms with Gasteiger partial charge in [-0.3, -0.25) is 9.69 Å². The summed E-state index contributed by atoms with van der Waals surface area (Å²) in [6.45, 7) is 4.64. The monoisotopic (exact) mass is 444 g/mol. The molecule has 0 saturated carbocycles. The second kappa shape index (κ2) is 8.86. The predicted octanol–water partition coefficient (Wildman–Crippen LogP) is 3.77. The lowest BCUT2D eigenvalue weighted by atomic mass is 10.2. The highest BCUT2D eigenvalue weighted by atomic mass is 35.5. The Kier molecular flexibility index (Phi) is 6.70. The van der Waals surface area contributed by atoms with Crippen LogP contribution in [0.15, 0.2) is 39.6 Å². The van der Waals surface area contributed by atoms with Gasteiger partial charge in [-0.15, -0.1) is 0 Å². The van der Waals surface area contributed by atoms with Gasteiger partial charge in [-0.05, 0) is 50.2 Å². The molecule has 0 aliphatic carbocycles. The van der Waals surface area contributed by atoms with Gasteiger partial charge in [0.15, 0.2) is 15.6 Å². The molecule has 1 aromatic heterocycles. The van der Waals surface area contributed by atoms with Crippen molar-refractivity contribution in [3.8, 4) is 0 Å². The summed E-state index contributed by atoms with van der Waals surface area (Å²) in [6, 6.07) is 7.77. The van der Waals surface area contributed by atoms with Crippen LogP contribution in [-0.4, -0.2) is 44.9 Å². The lowest BCUT2D eigenvalue weighted by molar-refractivity contribution is 0.0912. The smallest absolute Gasteiger partial charge is 0.287 e. The maximum atomic E-state index is 12.7. The van der Waals surface area contributed by atoms with Crippen molar-refractivity contribution in [1.29, 1.82) is 0 Å². The summed E-state index contributed by atoms with van der Waals surface area (Å²) < 4.78 is 30.8. The first kappa shape index (κ1) is 21.2. The van der Waals surface area contributed by atoms with Gasteiger partial charge in [0.05, 0.1) is 10.0 Å². The third-order valence-corrected chi connectivity index (χ3v) is 7.43. The molecule has 1 aliphatic heterocycles. The largest absolute Gasteiger partial charge is 0.455 e. The number of likely N-dealkylation sites (N-methyl/N-ethyl adjacent to an activating group) is 1. The molecule has 1 amide bonds. The van der Waals surface area contributed by atoms with Gasteiger partial charge in [0, 0.05) is 12.6 Å². The van der Waals surface area contributed by atoms with E-state index in [0.717, 1.165) is 25.9 Å². The molecule has 1 fully saturated rings. The van der Waals surface area contributed by atoms with Gasteiger partial charge in [0.1, 0.15) is 16.4 Å². The number of hydrogen-bond donors (Lipinski definition) is 1. The van der Waals surface area contributed by atoms with E-state index in [2.05, 4.69) is 17.1 Å². The van der Waals surface area contributed by atoms with Crippen molar-refractivity contribution in [3.05, 3.63) is 51.9 Å². The first-order valence-corrected chi connectivity index (χ1v) is 11.5. The summed E-state index contributed by atoms with van der Waals surface area (Å²) in [6.07, 6.45) is 2.18. The Hall–Kier alpha value is -1.54. The number of amides is 1. The highest BCUT2D eigenvalue weighted by molar-refractivity contribution is 7.90. The Morgan fingerprint density at radius 1 is 1.25 bits per heavy atom. The third-order valence-electron chi connectivity index (χ3n) is 4.85. The molecule has 0 bridgehead atoms. The van der Waals surface area contributed by atoms with E-state index in [4.69, 9.17) is 27.6 Å². The summed E-state index contributed by atoms with van der Waals surface area (Å²) >= 11 is 12.0. The topological polar surface area (TPSA) is 79.6 Å². The SMILES string of the molecule is CCN1CCC[C@@H]1CNC(=O)c1ccc(CS(=O)(=O)c2c(Cl)cccc2Cl)o1. The van der Waals surface area contributed by atoms with E-state index < -0.39 is 15.6 Å². The number of benzene rings is 1. The number of carbonyl (C=O) groups is 1. The molecule has 28 heavy (non-hydrogen) atoms. The van der Waals surface area contributed by atoms with Crippen molar-refractivity contribution in [2.45, 2.75) is 36.5 Å². The maximum absolute atomic E-state index is 12.7. The molecule has 1 aliphatic rings. The number of carbonyl (C=O) groups excluding carboxylic acids is 1. The van der Waals surface area contributed by atoms with Crippen LogP contribution in [0, 0.1) is 0 Å². The van der Waals surface area contributed by atoms with Crippen molar-refractivity contribution in [3.63, 3.8) is 0 Å². The summed E-state index contributed by atoms with van der Waals surface area (Å²) in [4.78, 5) is 14.5. The fourth-order valence-corrected chi connectivity index (χ4v) is 5.96. The van der Waals surface area contributed by atoms with Crippen molar-refractivity contribution in [1.82, 2.24) is 10.2 Å². The average molecular weight is 445 g/mol. The Morgan fingerprint density at radius 3 is 2.64 bits per heavy atom. The molecule has 2 aromatic rings. The number of likely N-dealkylation sites (tertiary alicyclic amines) is 1. The molecule has 1 saturated heterocycles. The van der Waals surface area contributed by atoms with E-state index in [1.807, 2.05) is 0 Å². The summed E-state index contributed by atoms with van der Waals surface area (Å²) in [5.74, 6) is -0.563. The van der Waals surface area contributed by atoms with Crippen LogP contribution in [0.2, 0.25) is 10.0 Å². The zero-order chi connectivity index (χ0) is 20.3. The molecule has 6 nitrogen and oxygen atoms in total. The van der Waals surface area contributed by atoms with Crippen LogP contribution in [0.3, 0.4) is 0 Å². The molecule has 2 heterocycles. The molecule has 0 unspecified atom stereocenters. The molecule has 1 N–H and O–H groups in total. The number of rotatable bonds is 7. The van der Waals surface area contributed by atoms with Crippen LogP contribution in [0.1, 0.15) is 36.1 Å². The van der Waals surface area contributed by atoms with Crippen LogP contribution in [-0.2, 0) is 15.6 Å². The van der Waals surface area contributed by atoms with Crippen molar-refractivity contribution in [2.75, 3.05) is 19.6 Å². The standard InChI is InChI=1S/C19H22Cl2N2O4S/c1-2-23-10-4-5-13(23)11-22-19(24)17-9-8-14(27-17)12-28(25,26)18-15(20)6-3-7-16(18)21/h3,6-9,13H,2,4-5,10-12H2,1H3,(H,22,24)/t13-/m1/s1. The molecule has 1 atom stereocenters. The molecule has 9 heteroatoms. The minimum Gasteiger partial charge on any atom is -0.455 e. The first-order chi connectivity index (χ1) is 13.3. The lowest BCUT2D eigenvalue weighted by Crippen LogP contribution is -2.39. The fraction of sp³-hybridized carbons (Fsp3) is 0.421. The van der Waals surface area contributed by atoms with E-state index >= 15 is 0 Å². The van der Waals surface area contributed by atoms with Gasteiger partial charge in [-0.1, -0.05) is 36.2 Å². The van der Waals surface area contributed by atoms with E-state index in [1.54, 1.807) is 6.07 Å². The van der Waals surface area contributed by atoms with Crippen molar-refractivity contribution < 1.29 is 17.6 Å². The average Bonchev–Trinajstić information content (AvgIpc) is 3.27. The van der Waals surface area contributed by atoms with E-state index in [9.17, 15) is 13.2 Å². The highest BCUT2D eigenvalue weighted by Crippen LogP contribution is 2.31. The van der Waals surface area contributed by atoms with Crippen LogP contribution in [0.4, 0.5) is 0 Å². The second-order valence-corrected chi connectivity index (χ2v) is 9.45. The van der Waals surface area contributed by atoms with Gasteiger partial charge in [-0.25, -0.2) is 8.42 Å². The third kappa shape index (κ3) is 4.71. The second-order valence-electron chi connectivity index (χ2n) is 6.71. The molecule has 0 radical (unpaired) electrons. The van der Waals surface area contributed by atoms with Gasteiger partial charge >= 0.3 is 0 Å². The molecular formula is C19H22Cl2N2O4S. The predicted molar refractivity (Wildman–Crippen MR) is 109 cm³/mol. The maximum Gasteiger partial charge on any atom is 0.287 e. The van der Waals surface area contributed by atoms with Gasteiger partial charge in [-0.2, -0.15) is 0 Å². The van der Waals surface area contributed by atoms with Crippen molar-refractivity contribution in [2.24, 2.45) is 0 Å². The van der Waals surface area contributed by atoms with Crippen LogP contribution in [0.25, 0.3) is 0 Å². The molecule has 152 valence electrons.